The molecule has 0 aliphatic heterocycles. The van der Waals surface area contributed by atoms with Crippen LogP contribution in [0, 0.1) is 5.82 Å². The van der Waals surface area contributed by atoms with E-state index in [1.54, 1.807) is 37.3 Å². The minimum atomic E-state index is -4.18. The number of nitrogens with zero attached hydrogens (tertiary/aromatic N) is 2. The van der Waals surface area contributed by atoms with E-state index in [2.05, 4.69) is 5.32 Å². The second-order valence-corrected chi connectivity index (χ2v) is 11.5. The smallest absolute Gasteiger partial charge is 0.264 e. The Morgan fingerprint density at radius 3 is 2.10 bits per heavy atom. The number of rotatable bonds is 12. The Labute approximate surface area is 234 Å². The van der Waals surface area contributed by atoms with Gasteiger partial charge in [-0.15, -0.1) is 0 Å². The molecule has 0 aliphatic rings. The van der Waals surface area contributed by atoms with Crippen molar-refractivity contribution in [3.63, 3.8) is 0 Å². The maximum Gasteiger partial charge on any atom is 0.264 e. The minimum absolute atomic E-state index is 0.00479. The number of hydrogen-bond acceptors (Lipinski definition) is 4. The standard InChI is InChI=1S/C29H33ClFN3O4S/c1-4-21(3)32-29(36)27(5-2)33(19-22-11-15-24(31)16-12-22)28(35)20-34(25-9-7-6-8-10-25)39(37,38)26-17-13-23(30)14-18-26/h6-18,21,27H,4-5,19-20H2,1-3H3,(H,32,36). The zero-order chi connectivity index (χ0) is 28.6. The van der Waals surface area contributed by atoms with E-state index in [1.807, 2.05) is 13.8 Å². The van der Waals surface area contributed by atoms with E-state index in [-0.39, 0.29) is 23.4 Å². The van der Waals surface area contributed by atoms with Gasteiger partial charge in [0.25, 0.3) is 10.0 Å². The van der Waals surface area contributed by atoms with E-state index >= 15 is 0 Å². The molecular formula is C29H33ClFN3O4S. The highest BCUT2D eigenvalue weighted by Crippen LogP contribution is 2.25. The van der Waals surface area contributed by atoms with Crippen LogP contribution in [0.5, 0.6) is 0 Å². The first-order valence-corrected chi connectivity index (χ1v) is 14.6. The zero-order valence-corrected chi connectivity index (χ0v) is 23.8. The summed E-state index contributed by atoms with van der Waals surface area (Å²) in [6.07, 6.45) is 1.000. The highest BCUT2D eigenvalue weighted by molar-refractivity contribution is 7.92. The van der Waals surface area contributed by atoms with Crippen LogP contribution >= 0.6 is 11.6 Å². The summed E-state index contributed by atoms with van der Waals surface area (Å²) in [5.41, 5.74) is 0.894. The quantitative estimate of drug-likeness (QED) is 0.314. The summed E-state index contributed by atoms with van der Waals surface area (Å²) in [4.78, 5) is 28.5. The lowest BCUT2D eigenvalue weighted by Gasteiger charge is -2.33. The van der Waals surface area contributed by atoms with Crippen LogP contribution in [0.1, 0.15) is 39.2 Å². The molecule has 0 saturated carbocycles. The molecule has 3 aromatic carbocycles. The number of para-hydroxylation sites is 1. The lowest BCUT2D eigenvalue weighted by molar-refractivity contribution is -0.140. The molecular weight excluding hydrogens is 541 g/mol. The Kier molecular flexibility index (Phi) is 10.5. The third kappa shape index (κ3) is 7.80. The summed E-state index contributed by atoms with van der Waals surface area (Å²) < 4.78 is 42.1. The van der Waals surface area contributed by atoms with Gasteiger partial charge in [-0.2, -0.15) is 0 Å². The number of benzene rings is 3. The van der Waals surface area contributed by atoms with Gasteiger partial charge in [0.15, 0.2) is 0 Å². The molecule has 1 N–H and O–H groups in total. The molecule has 0 aliphatic carbocycles. The zero-order valence-electron chi connectivity index (χ0n) is 22.2. The SMILES string of the molecule is CCC(C)NC(=O)C(CC)N(Cc1ccc(F)cc1)C(=O)CN(c1ccccc1)S(=O)(=O)c1ccc(Cl)cc1. The summed E-state index contributed by atoms with van der Waals surface area (Å²) in [6.45, 7) is 5.03. The number of hydrogen-bond donors (Lipinski definition) is 1. The summed E-state index contributed by atoms with van der Waals surface area (Å²) in [6, 6.07) is 18.6. The maximum atomic E-state index is 13.9. The predicted molar refractivity (Wildman–Crippen MR) is 151 cm³/mol. The van der Waals surface area contributed by atoms with Crippen molar-refractivity contribution in [1.82, 2.24) is 10.2 Å². The Balaban J connectivity index is 2.02. The van der Waals surface area contributed by atoms with Crippen molar-refractivity contribution in [2.75, 3.05) is 10.8 Å². The summed E-state index contributed by atoms with van der Waals surface area (Å²) in [5, 5.41) is 3.29. The number of anilines is 1. The molecule has 39 heavy (non-hydrogen) atoms. The maximum absolute atomic E-state index is 13.9. The van der Waals surface area contributed by atoms with Gasteiger partial charge in [0, 0.05) is 17.6 Å². The molecule has 0 fully saturated rings. The number of halogens is 2. The Bertz CT molecular complexity index is 1350. The van der Waals surface area contributed by atoms with E-state index in [1.165, 1.54) is 53.4 Å². The molecule has 2 atom stereocenters. The fourth-order valence-corrected chi connectivity index (χ4v) is 5.54. The third-order valence-electron chi connectivity index (χ3n) is 6.38. The Hall–Kier alpha value is -3.43. The van der Waals surface area contributed by atoms with Crippen molar-refractivity contribution in [2.24, 2.45) is 0 Å². The van der Waals surface area contributed by atoms with Crippen molar-refractivity contribution < 1.29 is 22.4 Å². The number of carbonyl (C=O) groups is 2. The fourth-order valence-electron chi connectivity index (χ4n) is 4.00. The van der Waals surface area contributed by atoms with Gasteiger partial charge in [0.2, 0.25) is 11.8 Å². The molecule has 0 spiro atoms. The fraction of sp³-hybridized carbons (Fsp3) is 0.310. The van der Waals surface area contributed by atoms with Crippen LogP contribution in [0.2, 0.25) is 5.02 Å². The minimum Gasteiger partial charge on any atom is -0.352 e. The molecule has 0 heterocycles. The van der Waals surface area contributed by atoms with Crippen LogP contribution in [-0.4, -0.2) is 43.8 Å². The largest absolute Gasteiger partial charge is 0.352 e. The van der Waals surface area contributed by atoms with Gasteiger partial charge in [-0.3, -0.25) is 13.9 Å². The van der Waals surface area contributed by atoms with Gasteiger partial charge in [-0.05, 0) is 73.9 Å². The van der Waals surface area contributed by atoms with Crippen molar-refractivity contribution in [3.05, 3.63) is 95.3 Å². The molecule has 10 heteroatoms. The van der Waals surface area contributed by atoms with Gasteiger partial charge in [0.05, 0.1) is 10.6 Å². The average molecular weight is 574 g/mol. The van der Waals surface area contributed by atoms with Crippen molar-refractivity contribution >= 4 is 39.1 Å². The van der Waals surface area contributed by atoms with Gasteiger partial charge >= 0.3 is 0 Å². The first-order valence-electron chi connectivity index (χ1n) is 12.7. The monoisotopic (exact) mass is 573 g/mol. The van der Waals surface area contributed by atoms with Crippen molar-refractivity contribution in [2.45, 2.75) is 57.1 Å². The topological polar surface area (TPSA) is 86.8 Å². The lowest BCUT2D eigenvalue weighted by atomic mass is 10.1. The Morgan fingerprint density at radius 2 is 1.54 bits per heavy atom. The van der Waals surface area contributed by atoms with Crippen molar-refractivity contribution in [3.8, 4) is 0 Å². The highest BCUT2D eigenvalue weighted by Gasteiger charge is 2.33. The number of carbonyl (C=O) groups excluding carboxylic acids is 2. The Morgan fingerprint density at radius 1 is 0.923 bits per heavy atom. The average Bonchev–Trinajstić information content (AvgIpc) is 2.93. The second-order valence-electron chi connectivity index (χ2n) is 9.19. The molecule has 3 rings (SSSR count). The van der Waals surface area contributed by atoms with Crippen LogP contribution in [-0.2, 0) is 26.2 Å². The first kappa shape index (κ1) is 30.1. The van der Waals surface area contributed by atoms with Crippen LogP contribution in [0.15, 0.2) is 83.8 Å². The second kappa shape index (κ2) is 13.6. The molecule has 2 unspecified atom stereocenters. The summed E-state index contributed by atoms with van der Waals surface area (Å²) in [5.74, 6) is -1.34. The van der Waals surface area contributed by atoms with Crippen LogP contribution in [0.25, 0.3) is 0 Å². The van der Waals surface area contributed by atoms with Crippen LogP contribution in [0.4, 0.5) is 10.1 Å². The number of nitrogens with one attached hydrogen (secondary N) is 1. The molecule has 0 bridgehead atoms. The van der Waals surface area contributed by atoms with Crippen LogP contribution < -0.4 is 9.62 Å². The van der Waals surface area contributed by atoms with E-state index in [0.29, 0.717) is 29.1 Å². The molecule has 0 aromatic heterocycles. The predicted octanol–water partition coefficient (Wildman–Crippen LogP) is 5.40. The van der Waals surface area contributed by atoms with Gasteiger partial charge in [-0.1, -0.05) is 55.8 Å². The first-order chi connectivity index (χ1) is 18.6. The molecule has 2 amide bonds. The lowest BCUT2D eigenvalue weighted by Crippen LogP contribution is -2.53. The van der Waals surface area contributed by atoms with E-state index in [4.69, 9.17) is 11.6 Å². The molecule has 0 radical (unpaired) electrons. The molecule has 7 nitrogen and oxygen atoms in total. The van der Waals surface area contributed by atoms with E-state index in [0.717, 1.165) is 4.31 Å². The molecule has 208 valence electrons. The number of sulfonamides is 1. The highest BCUT2D eigenvalue weighted by atomic mass is 35.5. The molecule has 3 aromatic rings. The summed E-state index contributed by atoms with van der Waals surface area (Å²) >= 11 is 5.97. The normalized spacial score (nSPS) is 12.8. The summed E-state index contributed by atoms with van der Waals surface area (Å²) in [7, 11) is -4.18. The van der Waals surface area contributed by atoms with E-state index < -0.39 is 34.3 Å². The number of amides is 2. The van der Waals surface area contributed by atoms with Crippen LogP contribution in [0.3, 0.4) is 0 Å². The van der Waals surface area contributed by atoms with Gasteiger partial charge < -0.3 is 10.2 Å². The van der Waals surface area contributed by atoms with Gasteiger partial charge in [0.1, 0.15) is 18.4 Å². The van der Waals surface area contributed by atoms with Gasteiger partial charge in [-0.25, -0.2) is 12.8 Å². The van der Waals surface area contributed by atoms with E-state index in [9.17, 15) is 22.4 Å². The third-order valence-corrected chi connectivity index (χ3v) is 8.42. The van der Waals surface area contributed by atoms with Crippen molar-refractivity contribution in [1.29, 1.82) is 0 Å². The molecule has 0 saturated heterocycles.